The Balaban J connectivity index is 2.29. The molecule has 0 aliphatic carbocycles. The molecule has 1 aromatic rings. The summed E-state index contributed by atoms with van der Waals surface area (Å²) in [6.45, 7) is 5.77. The third kappa shape index (κ3) is 2.77. The number of benzene rings is 1. The van der Waals surface area contributed by atoms with Gasteiger partial charge in [0.1, 0.15) is 11.8 Å². The zero-order chi connectivity index (χ0) is 14.9. The van der Waals surface area contributed by atoms with Gasteiger partial charge in [-0.25, -0.2) is 0 Å². The quantitative estimate of drug-likeness (QED) is 0.809. The Labute approximate surface area is 118 Å². The molecule has 5 nitrogen and oxygen atoms in total. The van der Waals surface area contributed by atoms with E-state index in [-0.39, 0.29) is 17.7 Å². The molecule has 1 aliphatic heterocycles. The summed E-state index contributed by atoms with van der Waals surface area (Å²) in [4.78, 5) is 28.2. The van der Waals surface area contributed by atoms with Gasteiger partial charge >= 0.3 is 0 Å². The van der Waals surface area contributed by atoms with Crippen LogP contribution in [0.25, 0.3) is 0 Å². The van der Waals surface area contributed by atoms with Crippen molar-refractivity contribution in [2.24, 2.45) is 16.6 Å². The highest BCUT2D eigenvalue weighted by Gasteiger charge is 2.35. The predicted molar refractivity (Wildman–Crippen MR) is 77.3 cm³/mol. The standard InChI is InChI=1S/C15H19N3O2/c1-8(2)12(16)13-17-14(19)11(15(20)18-13)10-6-4-9(3)5-7-10/h4-8,11-12H,16H2,1-3H3,(H,17,18,19,20). The lowest BCUT2D eigenvalue weighted by Gasteiger charge is -2.25. The number of rotatable bonds is 3. The Hall–Kier alpha value is -2.01. The lowest BCUT2D eigenvalue weighted by atomic mass is 9.94. The first-order valence-corrected chi connectivity index (χ1v) is 6.65. The largest absolute Gasteiger partial charge is 0.321 e. The van der Waals surface area contributed by atoms with Gasteiger partial charge in [-0.1, -0.05) is 43.7 Å². The fourth-order valence-corrected chi connectivity index (χ4v) is 2.05. The van der Waals surface area contributed by atoms with Crippen LogP contribution in [0.5, 0.6) is 0 Å². The van der Waals surface area contributed by atoms with Crippen LogP contribution in [-0.2, 0) is 9.59 Å². The predicted octanol–water partition coefficient (Wildman–Crippen LogP) is 1.12. The fourth-order valence-electron chi connectivity index (χ4n) is 2.05. The van der Waals surface area contributed by atoms with Gasteiger partial charge in [0.05, 0.1) is 6.04 Å². The zero-order valence-corrected chi connectivity index (χ0v) is 11.9. The fraction of sp³-hybridized carbons (Fsp3) is 0.400. The monoisotopic (exact) mass is 273 g/mol. The Morgan fingerprint density at radius 3 is 2.30 bits per heavy atom. The highest BCUT2D eigenvalue weighted by atomic mass is 16.2. The molecule has 1 heterocycles. The van der Waals surface area contributed by atoms with E-state index in [0.29, 0.717) is 5.56 Å². The molecule has 5 heteroatoms. The molecule has 0 aromatic heterocycles. The molecule has 0 bridgehead atoms. The van der Waals surface area contributed by atoms with Gasteiger partial charge in [-0.3, -0.25) is 9.59 Å². The number of hydrogen-bond donors (Lipinski definition) is 2. The highest BCUT2D eigenvalue weighted by molar-refractivity contribution is 6.20. The average molecular weight is 273 g/mol. The number of aryl methyl sites for hydroxylation is 1. The van der Waals surface area contributed by atoms with Gasteiger partial charge in [-0.15, -0.1) is 0 Å². The topological polar surface area (TPSA) is 84.6 Å². The lowest BCUT2D eigenvalue weighted by molar-refractivity contribution is -0.129. The first-order valence-electron chi connectivity index (χ1n) is 6.65. The highest BCUT2D eigenvalue weighted by Crippen LogP contribution is 2.21. The molecule has 1 aliphatic rings. The molecule has 2 amide bonds. The molecule has 20 heavy (non-hydrogen) atoms. The molecular weight excluding hydrogens is 254 g/mol. The van der Waals surface area contributed by atoms with E-state index < -0.39 is 17.9 Å². The summed E-state index contributed by atoms with van der Waals surface area (Å²) in [5.74, 6) is -1.33. The van der Waals surface area contributed by atoms with Crippen molar-refractivity contribution in [3.63, 3.8) is 0 Å². The van der Waals surface area contributed by atoms with Crippen LogP contribution in [0.3, 0.4) is 0 Å². The summed E-state index contributed by atoms with van der Waals surface area (Å²) in [5.41, 5.74) is 7.65. The van der Waals surface area contributed by atoms with E-state index in [1.54, 1.807) is 12.1 Å². The van der Waals surface area contributed by atoms with Gasteiger partial charge in [-0.2, -0.15) is 4.99 Å². The normalized spacial score (nSPS) is 20.6. The first-order chi connectivity index (χ1) is 9.40. The second kappa shape index (κ2) is 5.54. The summed E-state index contributed by atoms with van der Waals surface area (Å²) in [6.07, 6.45) is 0. The molecule has 0 spiro atoms. The number of nitrogens with one attached hydrogen (secondary N) is 1. The first kappa shape index (κ1) is 14.4. The van der Waals surface area contributed by atoms with Crippen molar-refractivity contribution in [2.75, 3.05) is 0 Å². The number of carbonyl (C=O) groups excluding carboxylic acids is 2. The van der Waals surface area contributed by atoms with Gasteiger partial charge in [0, 0.05) is 0 Å². The molecule has 106 valence electrons. The summed E-state index contributed by atoms with van der Waals surface area (Å²) in [5, 5.41) is 2.66. The second-order valence-corrected chi connectivity index (χ2v) is 5.44. The molecule has 0 saturated heterocycles. The van der Waals surface area contributed by atoms with Crippen LogP contribution in [0.2, 0.25) is 0 Å². The molecule has 2 atom stereocenters. The van der Waals surface area contributed by atoms with E-state index in [9.17, 15) is 9.59 Å². The number of carbonyl (C=O) groups is 2. The van der Waals surface area contributed by atoms with Crippen molar-refractivity contribution < 1.29 is 9.59 Å². The van der Waals surface area contributed by atoms with Gasteiger partial charge in [0.25, 0.3) is 5.91 Å². The molecular formula is C15H19N3O2. The molecule has 3 N–H and O–H groups in total. The molecule has 0 saturated carbocycles. The molecule has 2 rings (SSSR count). The maximum absolute atomic E-state index is 12.2. The maximum atomic E-state index is 12.2. The van der Waals surface area contributed by atoms with Crippen molar-refractivity contribution >= 4 is 17.6 Å². The van der Waals surface area contributed by atoms with Crippen molar-refractivity contribution in [3.8, 4) is 0 Å². The number of nitrogens with two attached hydrogens (primary N) is 1. The summed E-state index contributed by atoms with van der Waals surface area (Å²) in [6, 6.07) is 6.85. The number of amides is 2. The Bertz CT molecular complexity index is 561. The van der Waals surface area contributed by atoms with E-state index in [1.807, 2.05) is 32.9 Å². The second-order valence-electron chi connectivity index (χ2n) is 5.44. The van der Waals surface area contributed by atoms with E-state index >= 15 is 0 Å². The smallest absolute Gasteiger partial charge is 0.264 e. The van der Waals surface area contributed by atoms with Gasteiger partial charge in [-0.05, 0) is 18.4 Å². The van der Waals surface area contributed by atoms with Gasteiger partial charge < -0.3 is 11.1 Å². The Morgan fingerprint density at radius 1 is 1.20 bits per heavy atom. The number of hydrogen-bond acceptors (Lipinski definition) is 3. The van der Waals surface area contributed by atoms with E-state index in [0.717, 1.165) is 5.56 Å². The van der Waals surface area contributed by atoms with Gasteiger partial charge in [0.2, 0.25) is 5.91 Å². The third-order valence-corrected chi connectivity index (χ3v) is 3.44. The summed E-state index contributed by atoms with van der Waals surface area (Å²) in [7, 11) is 0. The third-order valence-electron chi connectivity index (χ3n) is 3.44. The van der Waals surface area contributed by atoms with Crippen LogP contribution in [0, 0.1) is 12.8 Å². The molecule has 2 unspecified atom stereocenters. The minimum Gasteiger partial charge on any atom is -0.321 e. The van der Waals surface area contributed by atoms with Crippen LogP contribution >= 0.6 is 0 Å². The van der Waals surface area contributed by atoms with Crippen LogP contribution < -0.4 is 11.1 Å². The summed E-state index contributed by atoms with van der Waals surface area (Å²) >= 11 is 0. The van der Waals surface area contributed by atoms with E-state index in [1.165, 1.54) is 0 Å². The van der Waals surface area contributed by atoms with Crippen LogP contribution in [0.15, 0.2) is 29.3 Å². The van der Waals surface area contributed by atoms with Crippen molar-refractivity contribution in [1.82, 2.24) is 5.32 Å². The van der Waals surface area contributed by atoms with Crippen LogP contribution in [0.1, 0.15) is 30.9 Å². The number of nitrogens with zero attached hydrogens (tertiary/aromatic N) is 1. The van der Waals surface area contributed by atoms with E-state index in [4.69, 9.17) is 5.73 Å². The average Bonchev–Trinajstić information content (AvgIpc) is 2.39. The Morgan fingerprint density at radius 2 is 1.80 bits per heavy atom. The van der Waals surface area contributed by atoms with Crippen molar-refractivity contribution in [2.45, 2.75) is 32.7 Å². The minimum absolute atomic E-state index is 0.0952. The van der Waals surface area contributed by atoms with Crippen LogP contribution in [-0.4, -0.2) is 23.7 Å². The SMILES string of the molecule is Cc1ccc(C2C(=O)N=C(C(N)C(C)C)NC2=O)cc1. The minimum atomic E-state index is -0.876. The Kier molecular flexibility index (Phi) is 3.99. The summed E-state index contributed by atoms with van der Waals surface area (Å²) < 4.78 is 0. The molecule has 0 radical (unpaired) electrons. The molecule has 0 fully saturated rings. The van der Waals surface area contributed by atoms with Crippen molar-refractivity contribution in [1.29, 1.82) is 0 Å². The number of aliphatic imine (C=N–C) groups is 1. The maximum Gasteiger partial charge on any atom is 0.264 e. The lowest BCUT2D eigenvalue weighted by Crippen LogP contribution is -2.52. The van der Waals surface area contributed by atoms with Crippen LogP contribution in [0.4, 0.5) is 0 Å². The molecule has 1 aromatic carbocycles. The van der Waals surface area contributed by atoms with Crippen molar-refractivity contribution in [3.05, 3.63) is 35.4 Å². The number of amidine groups is 1. The zero-order valence-electron chi connectivity index (χ0n) is 11.9. The van der Waals surface area contributed by atoms with Gasteiger partial charge in [0.15, 0.2) is 0 Å². The van der Waals surface area contributed by atoms with E-state index in [2.05, 4.69) is 10.3 Å².